The zero-order valence-corrected chi connectivity index (χ0v) is 13.6. The maximum absolute atomic E-state index is 11.6. The second kappa shape index (κ2) is 7.99. The van der Waals surface area contributed by atoms with Crippen molar-refractivity contribution in [2.75, 3.05) is 19.6 Å². The van der Waals surface area contributed by atoms with Crippen LogP contribution in [0.2, 0.25) is 0 Å². The van der Waals surface area contributed by atoms with Crippen molar-refractivity contribution in [3.8, 4) is 0 Å². The molecule has 0 aromatic heterocycles. The fourth-order valence-corrected chi connectivity index (χ4v) is 3.28. The lowest BCUT2D eigenvalue weighted by molar-refractivity contribution is -0.145. The summed E-state index contributed by atoms with van der Waals surface area (Å²) < 4.78 is 0. The Hall–Kier alpha value is -0.610. The topological polar surface area (TPSA) is 52.6 Å². The molecule has 0 aromatic carbocycles. The van der Waals surface area contributed by atoms with Crippen LogP contribution in [0.5, 0.6) is 0 Å². The zero-order chi connectivity index (χ0) is 15.2. The molecule has 1 aliphatic heterocycles. The molecule has 0 radical (unpaired) electrons. The normalized spacial score (nSPS) is 23.1. The first kappa shape index (κ1) is 17.4. The summed E-state index contributed by atoms with van der Waals surface area (Å²) in [5.74, 6) is 0.140. The Balaban J connectivity index is 2.44. The van der Waals surface area contributed by atoms with Gasteiger partial charge in [0.25, 0.3) is 0 Å². The lowest BCUT2D eigenvalue weighted by atomic mass is 9.89. The maximum Gasteiger partial charge on any atom is 0.323 e. The minimum atomic E-state index is -0.752. The molecule has 4 heteroatoms. The fraction of sp³-hybridized carbons (Fsp3) is 0.938. The molecule has 4 nitrogen and oxygen atoms in total. The van der Waals surface area contributed by atoms with Crippen LogP contribution in [-0.4, -0.2) is 47.2 Å². The molecular weight excluding hydrogens is 252 g/mol. The van der Waals surface area contributed by atoms with Gasteiger partial charge in [0.2, 0.25) is 0 Å². The highest BCUT2D eigenvalue weighted by atomic mass is 16.4. The van der Waals surface area contributed by atoms with Gasteiger partial charge in [-0.2, -0.15) is 0 Å². The van der Waals surface area contributed by atoms with Gasteiger partial charge in [-0.25, -0.2) is 0 Å². The number of hydrogen-bond acceptors (Lipinski definition) is 3. The highest BCUT2D eigenvalue weighted by Gasteiger charge is 2.36. The van der Waals surface area contributed by atoms with E-state index in [4.69, 9.17) is 0 Å². The molecule has 0 aromatic rings. The Morgan fingerprint density at radius 3 is 2.60 bits per heavy atom. The van der Waals surface area contributed by atoms with Crippen LogP contribution in [-0.2, 0) is 4.79 Å². The molecule has 1 heterocycles. The molecule has 20 heavy (non-hydrogen) atoms. The predicted octanol–water partition coefficient (Wildman–Crippen LogP) is 2.73. The summed E-state index contributed by atoms with van der Waals surface area (Å²) >= 11 is 0. The van der Waals surface area contributed by atoms with Crippen LogP contribution < -0.4 is 5.32 Å². The van der Waals surface area contributed by atoms with Crippen molar-refractivity contribution < 1.29 is 9.90 Å². The van der Waals surface area contributed by atoms with Crippen LogP contribution in [0.1, 0.15) is 59.8 Å². The van der Waals surface area contributed by atoms with Crippen LogP contribution in [0.4, 0.5) is 0 Å². The molecular formula is C16H32N2O2. The van der Waals surface area contributed by atoms with Gasteiger partial charge in [0.05, 0.1) is 0 Å². The highest BCUT2D eigenvalue weighted by Crippen LogP contribution is 2.22. The number of hydrogen-bond donors (Lipinski definition) is 2. The first-order valence-corrected chi connectivity index (χ1v) is 8.17. The number of aliphatic carboxylic acids is 1. The smallest absolute Gasteiger partial charge is 0.323 e. The SMILES string of the molecule is CCC1CCN(CCCC(CC)(NC(C)C)C(=O)O)C1. The Kier molecular flexibility index (Phi) is 6.96. The number of likely N-dealkylation sites (tertiary alicyclic amines) is 1. The molecule has 2 N–H and O–H groups in total. The Morgan fingerprint density at radius 1 is 1.45 bits per heavy atom. The molecule has 0 spiro atoms. The van der Waals surface area contributed by atoms with Crippen molar-refractivity contribution in [2.45, 2.75) is 71.4 Å². The van der Waals surface area contributed by atoms with Crippen molar-refractivity contribution in [1.29, 1.82) is 0 Å². The number of carbonyl (C=O) groups is 1. The van der Waals surface area contributed by atoms with Gasteiger partial charge < -0.3 is 10.0 Å². The largest absolute Gasteiger partial charge is 0.480 e. The standard InChI is InChI=1S/C16H32N2O2/c1-5-14-8-11-18(12-14)10-7-9-16(6-2,15(19)20)17-13(3)4/h13-14,17H,5-12H2,1-4H3,(H,19,20). The van der Waals surface area contributed by atoms with Gasteiger partial charge in [-0.3, -0.25) is 10.1 Å². The summed E-state index contributed by atoms with van der Waals surface area (Å²) in [5, 5.41) is 12.8. The van der Waals surface area contributed by atoms with Gasteiger partial charge in [0.15, 0.2) is 0 Å². The molecule has 118 valence electrons. The average Bonchev–Trinajstić information content (AvgIpc) is 2.84. The van der Waals surface area contributed by atoms with Crippen molar-refractivity contribution >= 4 is 5.97 Å². The van der Waals surface area contributed by atoms with Crippen LogP contribution in [0, 0.1) is 5.92 Å². The van der Waals surface area contributed by atoms with Crippen LogP contribution in [0.15, 0.2) is 0 Å². The first-order valence-electron chi connectivity index (χ1n) is 8.17. The van der Waals surface area contributed by atoms with Crippen molar-refractivity contribution in [2.24, 2.45) is 5.92 Å². The average molecular weight is 284 g/mol. The number of nitrogens with zero attached hydrogens (tertiary/aromatic N) is 1. The summed E-state index contributed by atoms with van der Waals surface area (Å²) in [4.78, 5) is 14.1. The lowest BCUT2D eigenvalue weighted by Gasteiger charge is -2.32. The van der Waals surface area contributed by atoms with Crippen molar-refractivity contribution in [3.05, 3.63) is 0 Å². The minimum Gasteiger partial charge on any atom is -0.480 e. The Bertz CT molecular complexity index is 307. The van der Waals surface area contributed by atoms with Gasteiger partial charge in [-0.05, 0) is 58.5 Å². The van der Waals surface area contributed by atoms with E-state index in [1.807, 2.05) is 20.8 Å². The number of rotatable bonds is 9. The summed E-state index contributed by atoms with van der Waals surface area (Å²) in [6.07, 6.45) is 4.87. The van der Waals surface area contributed by atoms with Gasteiger partial charge in [0.1, 0.15) is 5.54 Å². The summed E-state index contributed by atoms with van der Waals surface area (Å²) in [6, 6.07) is 0.197. The summed E-state index contributed by atoms with van der Waals surface area (Å²) in [5.41, 5.74) is -0.752. The second-order valence-electron chi connectivity index (χ2n) is 6.51. The Morgan fingerprint density at radius 2 is 2.15 bits per heavy atom. The molecule has 0 bridgehead atoms. The van der Waals surface area contributed by atoms with E-state index in [9.17, 15) is 9.90 Å². The fourth-order valence-electron chi connectivity index (χ4n) is 3.28. The molecule has 0 saturated carbocycles. The predicted molar refractivity (Wildman–Crippen MR) is 83.0 cm³/mol. The van der Waals surface area contributed by atoms with E-state index in [2.05, 4.69) is 17.1 Å². The van der Waals surface area contributed by atoms with E-state index in [-0.39, 0.29) is 6.04 Å². The molecule has 2 unspecified atom stereocenters. The van der Waals surface area contributed by atoms with E-state index in [0.29, 0.717) is 12.8 Å². The monoisotopic (exact) mass is 284 g/mol. The zero-order valence-electron chi connectivity index (χ0n) is 13.6. The van der Waals surface area contributed by atoms with Gasteiger partial charge in [-0.1, -0.05) is 20.3 Å². The van der Waals surface area contributed by atoms with E-state index in [1.54, 1.807) is 0 Å². The number of nitrogens with one attached hydrogen (secondary N) is 1. The molecule has 0 amide bonds. The van der Waals surface area contributed by atoms with E-state index in [1.165, 1.54) is 25.9 Å². The Labute approximate surface area is 123 Å². The summed E-state index contributed by atoms with van der Waals surface area (Å²) in [7, 11) is 0. The third kappa shape index (κ3) is 4.74. The lowest BCUT2D eigenvalue weighted by Crippen LogP contribution is -2.54. The number of carboxylic acids is 1. The summed E-state index contributed by atoms with van der Waals surface area (Å²) in [6.45, 7) is 11.7. The van der Waals surface area contributed by atoms with Crippen LogP contribution >= 0.6 is 0 Å². The molecule has 1 fully saturated rings. The molecule has 1 saturated heterocycles. The molecule has 0 aliphatic carbocycles. The highest BCUT2D eigenvalue weighted by molar-refractivity contribution is 5.78. The quantitative estimate of drug-likeness (QED) is 0.683. The second-order valence-corrected chi connectivity index (χ2v) is 6.51. The third-order valence-electron chi connectivity index (χ3n) is 4.60. The van der Waals surface area contributed by atoms with Gasteiger partial charge >= 0.3 is 5.97 Å². The van der Waals surface area contributed by atoms with E-state index < -0.39 is 11.5 Å². The molecule has 2 atom stereocenters. The van der Waals surface area contributed by atoms with Crippen molar-refractivity contribution in [1.82, 2.24) is 10.2 Å². The third-order valence-corrected chi connectivity index (χ3v) is 4.60. The minimum absolute atomic E-state index is 0.197. The molecule has 1 rings (SSSR count). The van der Waals surface area contributed by atoms with Gasteiger partial charge in [-0.15, -0.1) is 0 Å². The van der Waals surface area contributed by atoms with E-state index in [0.717, 1.165) is 18.9 Å². The number of carboxylic acid groups (broad SMARTS) is 1. The molecule has 1 aliphatic rings. The maximum atomic E-state index is 11.6. The van der Waals surface area contributed by atoms with Crippen LogP contribution in [0.3, 0.4) is 0 Å². The van der Waals surface area contributed by atoms with E-state index >= 15 is 0 Å². The van der Waals surface area contributed by atoms with Gasteiger partial charge in [0, 0.05) is 12.6 Å². The van der Waals surface area contributed by atoms with Crippen molar-refractivity contribution in [3.63, 3.8) is 0 Å². The van der Waals surface area contributed by atoms with Crippen LogP contribution in [0.25, 0.3) is 0 Å². The first-order chi connectivity index (χ1) is 9.43.